The van der Waals surface area contributed by atoms with E-state index in [4.69, 9.17) is 4.74 Å². The van der Waals surface area contributed by atoms with E-state index in [0.29, 0.717) is 5.69 Å². The second kappa shape index (κ2) is 7.81. The molecule has 2 aromatic rings. The molecule has 12 heteroatoms. The molecule has 3 aliphatic heterocycles. The molecule has 0 saturated carbocycles. The zero-order valence-corrected chi connectivity index (χ0v) is 18.2. The van der Waals surface area contributed by atoms with Crippen LogP contribution in [0, 0.1) is 39.0 Å². The van der Waals surface area contributed by atoms with Crippen LogP contribution in [0.25, 0.3) is 0 Å². The van der Waals surface area contributed by atoms with E-state index in [2.05, 4.69) is 5.32 Å². The maximum Gasteiger partial charge on any atom is 0.277 e. The Balaban J connectivity index is 1.39. The van der Waals surface area contributed by atoms with Crippen molar-refractivity contribution in [3.8, 4) is 0 Å². The van der Waals surface area contributed by atoms with E-state index in [1.165, 1.54) is 0 Å². The molecule has 0 radical (unpaired) electrons. The Labute approximate surface area is 197 Å². The van der Waals surface area contributed by atoms with Gasteiger partial charge in [0, 0.05) is 12.1 Å². The number of nitro groups is 2. The molecule has 2 bridgehead atoms. The van der Waals surface area contributed by atoms with E-state index in [-0.39, 0.29) is 18.0 Å². The summed E-state index contributed by atoms with van der Waals surface area (Å²) in [6.07, 6.45) is 2.68. The van der Waals surface area contributed by atoms with Crippen LogP contribution in [-0.4, -0.2) is 45.8 Å². The molecule has 2 fully saturated rings. The van der Waals surface area contributed by atoms with Crippen molar-refractivity contribution < 1.29 is 29.0 Å². The molecule has 0 aliphatic carbocycles. The van der Waals surface area contributed by atoms with Gasteiger partial charge in [0.15, 0.2) is 0 Å². The van der Waals surface area contributed by atoms with Crippen LogP contribution in [0.4, 0.5) is 17.1 Å². The second-order valence-corrected chi connectivity index (χ2v) is 8.68. The molecule has 0 unspecified atom stereocenters. The molecule has 0 spiro atoms. The molecule has 2 aromatic carbocycles. The quantitative estimate of drug-likeness (QED) is 0.285. The number of hydrogen-bond acceptors (Lipinski definition) is 8. The van der Waals surface area contributed by atoms with Gasteiger partial charge >= 0.3 is 0 Å². The number of aryl methyl sites for hydroxylation is 1. The number of ether oxygens (including phenoxy) is 1. The summed E-state index contributed by atoms with van der Waals surface area (Å²) in [5.41, 5.74) is -1.37. The molecule has 12 nitrogen and oxygen atoms in total. The number of rotatable bonds is 6. The monoisotopic (exact) mass is 478 g/mol. The fraction of sp³-hybridized carbons (Fsp3) is 0.261. The van der Waals surface area contributed by atoms with Crippen molar-refractivity contribution in [2.45, 2.75) is 18.6 Å². The summed E-state index contributed by atoms with van der Waals surface area (Å²) >= 11 is 0. The largest absolute Gasteiger partial charge is 0.360 e. The highest BCUT2D eigenvalue weighted by Crippen LogP contribution is 2.52. The zero-order chi connectivity index (χ0) is 25.1. The first-order chi connectivity index (χ1) is 16.6. The molecule has 2 saturated heterocycles. The minimum absolute atomic E-state index is 0.211. The number of hydrogen-bond donors (Lipinski definition) is 1. The molecular weight excluding hydrogens is 460 g/mol. The van der Waals surface area contributed by atoms with E-state index in [0.717, 1.165) is 28.7 Å². The number of non-ortho nitro benzene ring substituents is 2. The fourth-order valence-corrected chi connectivity index (χ4v) is 4.91. The molecule has 3 amide bonds. The number of benzene rings is 2. The minimum atomic E-state index is -1.29. The summed E-state index contributed by atoms with van der Waals surface area (Å²) in [7, 11) is 0. The summed E-state index contributed by atoms with van der Waals surface area (Å²) in [5.74, 6) is -3.27. The average Bonchev–Trinajstić information content (AvgIpc) is 3.48. The third kappa shape index (κ3) is 3.46. The molecule has 178 valence electrons. The number of imide groups is 1. The number of nitro benzene ring substituents is 2. The van der Waals surface area contributed by atoms with Gasteiger partial charge in [-0.15, -0.1) is 0 Å². The van der Waals surface area contributed by atoms with Gasteiger partial charge in [-0.2, -0.15) is 0 Å². The number of nitrogens with zero attached hydrogens (tertiary/aromatic N) is 3. The lowest BCUT2D eigenvalue weighted by Crippen LogP contribution is -2.48. The zero-order valence-electron chi connectivity index (χ0n) is 18.2. The molecule has 3 aliphatic rings. The van der Waals surface area contributed by atoms with E-state index >= 15 is 0 Å². The number of carbonyl (C=O) groups excluding carboxylic acids is 3. The van der Waals surface area contributed by atoms with E-state index in [1.54, 1.807) is 36.4 Å². The van der Waals surface area contributed by atoms with E-state index in [9.17, 15) is 34.6 Å². The molecule has 4 atom stereocenters. The van der Waals surface area contributed by atoms with Crippen LogP contribution in [0.1, 0.15) is 15.9 Å². The van der Waals surface area contributed by atoms with Crippen LogP contribution in [0.5, 0.6) is 0 Å². The summed E-state index contributed by atoms with van der Waals surface area (Å²) in [4.78, 5) is 61.0. The van der Waals surface area contributed by atoms with Crippen LogP contribution in [0.2, 0.25) is 0 Å². The highest BCUT2D eigenvalue weighted by atomic mass is 16.6. The number of fused-ring (bicyclic) bond motifs is 5. The van der Waals surface area contributed by atoms with Gasteiger partial charge in [-0.05, 0) is 19.1 Å². The van der Waals surface area contributed by atoms with Gasteiger partial charge in [0.05, 0.1) is 51.6 Å². The second-order valence-electron chi connectivity index (χ2n) is 8.68. The fourth-order valence-electron chi connectivity index (χ4n) is 4.91. The highest BCUT2D eigenvalue weighted by molar-refractivity contribution is 6.23. The Hall–Kier alpha value is -4.45. The van der Waals surface area contributed by atoms with Gasteiger partial charge in [-0.1, -0.05) is 29.8 Å². The van der Waals surface area contributed by atoms with Gasteiger partial charge in [0.2, 0.25) is 11.8 Å². The van der Waals surface area contributed by atoms with Crippen molar-refractivity contribution in [3.63, 3.8) is 0 Å². The van der Waals surface area contributed by atoms with Crippen LogP contribution in [-0.2, 0) is 14.3 Å². The first-order valence-electron chi connectivity index (χ1n) is 10.6. The molecule has 35 heavy (non-hydrogen) atoms. The van der Waals surface area contributed by atoms with Gasteiger partial charge in [-0.25, -0.2) is 4.90 Å². The average molecular weight is 478 g/mol. The van der Waals surface area contributed by atoms with Gasteiger partial charge in [0.1, 0.15) is 5.60 Å². The van der Waals surface area contributed by atoms with Gasteiger partial charge in [0.25, 0.3) is 17.3 Å². The van der Waals surface area contributed by atoms with Crippen LogP contribution >= 0.6 is 0 Å². The first-order valence-corrected chi connectivity index (χ1v) is 10.6. The predicted molar refractivity (Wildman–Crippen MR) is 119 cm³/mol. The Morgan fingerprint density at radius 2 is 1.69 bits per heavy atom. The molecular formula is C23H18N4O8. The van der Waals surface area contributed by atoms with Gasteiger partial charge < -0.3 is 10.1 Å². The summed E-state index contributed by atoms with van der Waals surface area (Å²) in [5, 5.41) is 24.8. The lowest BCUT2D eigenvalue weighted by atomic mass is 9.77. The number of amides is 3. The number of carbonyl (C=O) groups is 3. The summed E-state index contributed by atoms with van der Waals surface area (Å²) in [6, 6.07) is 9.57. The number of anilines is 1. The van der Waals surface area contributed by atoms with Crippen LogP contribution in [0.3, 0.4) is 0 Å². The van der Waals surface area contributed by atoms with Crippen molar-refractivity contribution in [2.24, 2.45) is 11.8 Å². The van der Waals surface area contributed by atoms with E-state index < -0.39 is 56.6 Å². The third-order valence-corrected chi connectivity index (χ3v) is 6.56. The van der Waals surface area contributed by atoms with Crippen LogP contribution < -0.4 is 10.2 Å². The van der Waals surface area contributed by atoms with Crippen LogP contribution in [0.15, 0.2) is 54.6 Å². The number of nitrogens with one attached hydrogen (secondary N) is 1. The van der Waals surface area contributed by atoms with E-state index in [1.807, 2.05) is 6.92 Å². The standard InChI is InChI=1S/C23H18N4O8/c1-12-2-4-14(5-3-12)25-21(29)18-17-6-7-23(35-17,19(18)22(25)30)11-24-20(28)13-8-15(26(31)32)10-16(9-13)27(33)34/h2-10,17-19H,11H2,1H3,(H,24,28)/t17-,18+,19+,23+/m1/s1. The molecule has 0 aromatic heterocycles. The Kier molecular flexibility index (Phi) is 4.98. The van der Waals surface area contributed by atoms with Crippen molar-refractivity contribution in [1.82, 2.24) is 5.32 Å². The van der Waals surface area contributed by atoms with Crippen molar-refractivity contribution in [2.75, 3.05) is 11.4 Å². The Morgan fingerprint density at radius 1 is 1.06 bits per heavy atom. The molecule has 5 rings (SSSR count). The highest BCUT2D eigenvalue weighted by Gasteiger charge is 2.67. The molecule has 3 heterocycles. The van der Waals surface area contributed by atoms with Crippen molar-refractivity contribution in [3.05, 3.63) is 86.0 Å². The lowest BCUT2D eigenvalue weighted by molar-refractivity contribution is -0.394. The molecule has 1 N–H and O–H groups in total. The van der Waals surface area contributed by atoms with Crippen molar-refractivity contribution >= 4 is 34.8 Å². The summed E-state index contributed by atoms with van der Waals surface area (Å²) < 4.78 is 5.97. The SMILES string of the molecule is Cc1ccc(N2C(=O)[C@@H]3[C@@H](C2=O)[C@@]2(CNC(=O)c4cc([N+](=O)[O-])cc([N+](=O)[O-])c4)C=C[C@H]3O2)cc1. The summed E-state index contributed by atoms with van der Waals surface area (Å²) in [6.45, 7) is 1.68. The predicted octanol–water partition coefficient (Wildman–Crippen LogP) is 2.05. The minimum Gasteiger partial charge on any atom is -0.360 e. The third-order valence-electron chi connectivity index (χ3n) is 6.56. The maximum atomic E-state index is 13.4. The van der Waals surface area contributed by atoms with Crippen molar-refractivity contribution in [1.29, 1.82) is 0 Å². The smallest absolute Gasteiger partial charge is 0.277 e. The lowest BCUT2D eigenvalue weighted by Gasteiger charge is -2.29. The Morgan fingerprint density at radius 3 is 2.29 bits per heavy atom. The van der Waals surface area contributed by atoms with Gasteiger partial charge in [-0.3, -0.25) is 34.6 Å². The topological polar surface area (TPSA) is 162 Å². The first kappa shape index (κ1) is 22.3. The maximum absolute atomic E-state index is 13.4. The normalized spacial score (nSPS) is 26.2. The Bertz CT molecular complexity index is 1310.